The molecule has 1 unspecified atom stereocenters. The Balaban J connectivity index is 1.75. The van der Waals surface area contributed by atoms with Crippen molar-refractivity contribution < 1.29 is 0 Å². The highest BCUT2D eigenvalue weighted by Gasteiger charge is 2.18. The molecular formula is C15H24N2. The molecule has 0 aromatic carbocycles. The molecule has 2 nitrogen and oxygen atoms in total. The van der Waals surface area contributed by atoms with Crippen molar-refractivity contribution in [2.24, 2.45) is 5.92 Å². The first-order valence-electron chi connectivity index (χ1n) is 6.94. The number of nitrogens with zero attached hydrogens (tertiary/aromatic N) is 1. The molecule has 2 heteroatoms. The van der Waals surface area contributed by atoms with Crippen molar-refractivity contribution in [2.45, 2.75) is 51.0 Å². The number of rotatable bonds is 6. The van der Waals surface area contributed by atoms with Crippen molar-refractivity contribution in [1.82, 2.24) is 10.3 Å². The lowest BCUT2D eigenvalue weighted by Gasteiger charge is -2.20. The molecule has 1 aliphatic rings. The minimum atomic E-state index is 0.686. The minimum Gasteiger partial charge on any atom is -0.317 e. The van der Waals surface area contributed by atoms with E-state index in [4.69, 9.17) is 0 Å². The lowest BCUT2D eigenvalue weighted by Crippen LogP contribution is -2.28. The topological polar surface area (TPSA) is 24.9 Å². The predicted molar refractivity (Wildman–Crippen MR) is 72.0 cm³/mol. The van der Waals surface area contributed by atoms with Crippen molar-refractivity contribution in [3.63, 3.8) is 0 Å². The van der Waals surface area contributed by atoms with Gasteiger partial charge in [0.1, 0.15) is 0 Å². The molecule has 1 aromatic rings. The molecule has 1 aromatic heterocycles. The van der Waals surface area contributed by atoms with Crippen LogP contribution in [0.15, 0.2) is 24.5 Å². The van der Waals surface area contributed by atoms with Crippen LogP contribution in [-0.2, 0) is 6.42 Å². The van der Waals surface area contributed by atoms with E-state index in [1.165, 1.54) is 50.5 Å². The standard InChI is InChI=1S/C15H24N2/c1-16-15(12-14-4-2-3-5-14)7-6-13-8-10-17-11-9-13/h8-11,14-16H,2-7,12H2,1H3. The molecule has 1 aliphatic carbocycles. The second-order valence-corrected chi connectivity index (χ2v) is 5.27. The van der Waals surface area contributed by atoms with Crippen molar-refractivity contribution in [3.05, 3.63) is 30.1 Å². The molecule has 0 radical (unpaired) electrons. The molecule has 0 aliphatic heterocycles. The quantitative estimate of drug-likeness (QED) is 0.815. The maximum atomic E-state index is 4.06. The summed E-state index contributed by atoms with van der Waals surface area (Å²) in [6.07, 6.45) is 13.4. The van der Waals surface area contributed by atoms with E-state index in [-0.39, 0.29) is 0 Å². The van der Waals surface area contributed by atoms with Crippen LogP contribution < -0.4 is 5.32 Å². The molecule has 1 N–H and O–H groups in total. The van der Waals surface area contributed by atoms with Gasteiger partial charge in [0.25, 0.3) is 0 Å². The van der Waals surface area contributed by atoms with Crippen LogP contribution in [0.25, 0.3) is 0 Å². The predicted octanol–water partition coefficient (Wildman–Crippen LogP) is 3.18. The number of pyridine rings is 1. The van der Waals surface area contributed by atoms with E-state index in [1.807, 2.05) is 12.4 Å². The second-order valence-electron chi connectivity index (χ2n) is 5.27. The largest absolute Gasteiger partial charge is 0.317 e. The lowest BCUT2D eigenvalue weighted by molar-refractivity contribution is 0.388. The first-order valence-corrected chi connectivity index (χ1v) is 6.94. The molecule has 1 fully saturated rings. The number of aryl methyl sites for hydroxylation is 1. The van der Waals surface area contributed by atoms with Gasteiger partial charge in [-0.1, -0.05) is 25.7 Å². The lowest BCUT2D eigenvalue weighted by atomic mass is 9.94. The van der Waals surface area contributed by atoms with E-state index >= 15 is 0 Å². The molecule has 17 heavy (non-hydrogen) atoms. The summed E-state index contributed by atoms with van der Waals surface area (Å²) in [7, 11) is 2.10. The van der Waals surface area contributed by atoms with Gasteiger partial charge in [-0.15, -0.1) is 0 Å². The zero-order chi connectivity index (χ0) is 11.9. The Morgan fingerprint density at radius 1 is 1.29 bits per heavy atom. The highest BCUT2D eigenvalue weighted by atomic mass is 14.9. The van der Waals surface area contributed by atoms with Crippen LogP contribution in [0.4, 0.5) is 0 Å². The molecule has 2 rings (SSSR count). The summed E-state index contributed by atoms with van der Waals surface area (Å²) in [6, 6.07) is 4.94. The molecule has 0 amide bonds. The molecule has 1 heterocycles. The smallest absolute Gasteiger partial charge is 0.0270 e. The minimum absolute atomic E-state index is 0.686. The number of hydrogen-bond acceptors (Lipinski definition) is 2. The Morgan fingerprint density at radius 3 is 2.65 bits per heavy atom. The molecule has 0 bridgehead atoms. The van der Waals surface area contributed by atoms with Crippen LogP contribution in [0.2, 0.25) is 0 Å². The molecule has 0 spiro atoms. The average molecular weight is 232 g/mol. The van der Waals surface area contributed by atoms with E-state index in [2.05, 4.69) is 29.5 Å². The van der Waals surface area contributed by atoms with Gasteiger partial charge in [0, 0.05) is 18.4 Å². The fraction of sp³-hybridized carbons (Fsp3) is 0.667. The number of hydrogen-bond donors (Lipinski definition) is 1. The first kappa shape index (κ1) is 12.6. The third-order valence-corrected chi connectivity index (χ3v) is 4.03. The van der Waals surface area contributed by atoms with Crippen LogP contribution in [0.1, 0.15) is 44.1 Å². The van der Waals surface area contributed by atoms with Crippen LogP contribution in [0, 0.1) is 5.92 Å². The second kappa shape index (κ2) is 6.75. The summed E-state index contributed by atoms with van der Waals surface area (Å²) in [5.74, 6) is 0.977. The summed E-state index contributed by atoms with van der Waals surface area (Å²) in [5, 5.41) is 3.48. The van der Waals surface area contributed by atoms with Crippen molar-refractivity contribution in [2.75, 3.05) is 7.05 Å². The van der Waals surface area contributed by atoms with E-state index in [1.54, 1.807) is 0 Å². The van der Waals surface area contributed by atoms with Crippen molar-refractivity contribution >= 4 is 0 Å². The van der Waals surface area contributed by atoms with Crippen molar-refractivity contribution in [3.8, 4) is 0 Å². The third kappa shape index (κ3) is 4.12. The fourth-order valence-corrected chi connectivity index (χ4v) is 2.92. The maximum Gasteiger partial charge on any atom is 0.0270 e. The molecular weight excluding hydrogens is 208 g/mol. The van der Waals surface area contributed by atoms with Crippen LogP contribution in [-0.4, -0.2) is 18.1 Å². The Morgan fingerprint density at radius 2 is 2.00 bits per heavy atom. The summed E-state index contributed by atoms with van der Waals surface area (Å²) in [6.45, 7) is 0. The van der Waals surface area contributed by atoms with Crippen molar-refractivity contribution in [1.29, 1.82) is 0 Å². The Labute approximate surface area is 105 Å². The summed E-state index contributed by atoms with van der Waals surface area (Å²) < 4.78 is 0. The molecule has 0 saturated heterocycles. The summed E-state index contributed by atoms with van der Waals surface area (Å²) >= 11 is 0. The van der Waals surface area contributed by atoms with E-state index in [0.717, 1.165) is 5.92 Å². The van der Waals surface area contributed by atoms with Crippen LogP contribution in [0.3, 0.4) is 0 Å². The maximum absolute atomic E-state index is 4.06. The van der Waals surface area contributed by atoms with Gasteiger partial charge < -0.3 is 5.32 Å². The van der Waals surface area contributed by atoms with E-state index in [9.17, 15) is 0 Å². The van der Waals surface area contributed by atoms with E-state index < -0.39 is 0 Å². The van der Waals surface area contributed by atoms with Gasteiger partial charge in [0.2, 0.25) is 0 Å². The normalized spacial score (nSPS) is 18.4. The van der Waals surface area contributed by atoms with Crippen LogP contribution in [0.5, 0.6) is 0 Å². The zero-order valence-corrected chi connectivity index (χ0v) is 10.9. The Bertz CT molecular complexity index is 304. The highest BCUT2D eigenvalue weighted by Crippen LogP contribution is 2.29. The average Bonchev–Trinajstić information content (AvgIpc) is 2.88. The fourth-order valence-electron chi connectivity index (χ4n) is 2.92. The first-order chi connectivity index (χ1) is 8.38. The van der Waals surface area contributed by atoms with Gasteiger partial charge in [-0.3, -0.25) is 4.98 Å². The van der Waals surface area contributed by atoms with Gasteiger partial charge in [-0.2, -0.15) is 0 Å². The Hall–Kier alpha value is -0.890. The molecule has 1 saturated carbocycles. The summed E-state index contributed by atoms with van der Waals surface area (Å²) in [5.41, 5.74) is 1.41. The number of nitrogens with one attached hydrogen (secondary N) is 1. The van der Waals surface area contributed by atoms with Crippen LogP contribution >= 0.6 is 0 Å². The van der Waals surface area contributed by atoms with Gasteiger partial charge in [0.05, 0.1) is 0 Å². The van der Waals surface area contributed by atoms with E-state index in [0.29, 0.717) is 6.04 Å². The van der Waals surface area contributed by atoms with Gasteiger partial charge in [-0.05, 0) is 49.9 Å². The highest BCUT2D eigenvalue weighted by molar-refractivity contribution is 5.09. The SMILES string of the molecule is CNC(CCc1ccncc1)CC1CCCC1. The zero-order valence-electron chi connectivity index (χ0n) is 10.9. The Kier molecular flexibility index (Phi) is 4.99. The summed E-state index contributed by atoms with van der Waals surface area (Å²) in [4.78, 5) is 4.06. The molecule has 94 valence electrons. The molecule has 1 atom stereocenters. The van der Waals surface area contributed by atoms with Gasteiger partial charge >= 0.3 is 0 Å². The third-order valence-electron chi connectivity index (χ3n) is 4.03. The van der Waals surface area contributed by atoms with Gasteiger partial charge in [-0.25, -0.2) is 0 Å². The number of aromatic nitrogens is 1. The monoisotopic (exact) mass is 232 g/mol. The van der Waals surface area contributed by atoms with Gasteiger partial charge in [0.15, 0.2) is 0 Å².